The fourth-order valence-electron chi connectivity index (χ4n) is 4.90. The minimum absolute atomic E-state index is 0.0794. The van der Waals surface area contributed by atoms with Gasteiger partial charge in [0.2, 0.25) is 5.91 Å². The Kier molecular flexibility index (Phi) is 4.30. The van der Waals surface area contributed by atoms with Gasteiger partial charge in [-0.2, -0.15) is 0 Å². The number of carbonyl (C=O) groups excluding carboxylic acids is 2. The molecule has 1 aromatic carbocycles. The number of carbonyl (C=O) groups is 2. The molecule has 1 heterocycles. The van der Waals surface area contributed by atoms with Crippen molar-refractivity contribution in [2.24, 2.45) is 17.8 Å². The van der Waals surface area contributed by atoms with Crippen LogP contribution in [0.5, 0.6) is 0 Å². The van der Waals surface area contributed by atoms with Crippen LogP contribution in [-0.4, -0.2) is 47.8 Å². The Balaban J connectivity index is 1.28. The summed E-state index contributed by atoms with van der Waals surface area (Å²) in [6.07, 6.45) is 6.07. The molecule has 1 aliphatic heterocycles. The summed E-state index contributed by atoms with van der Waals surface area (Å²) in [4.78, 5) is 28.9. The van der Waals surface area contributed by atoms with Crippen molar-refractivity contribution < 1.29 is 9.59 Å². The first-order chi connectivity index (χ1) is 11.7. The first-order valence-electron chi connectivity index (χ1n) is 9.33. The van der Waals surface area contributed by atoms with E-state index in [0.717, 1.165) is 23.8 Å². The number of benzene rings is 1. The zero-order valence-corrected chi connectivity index (χ0v) is 14.2. The molecule has 2 amide bonds. The number of hydrogen-bond donors (Lipinski definition) is 0. The van der Waals surface area contributed by atoms with Crippen LogP contribution in [-0.2, 0) is 4.79 Å². The van der Waals surface area contributed by atoms with Crippen molar-refractivity contribution in [1.29, 1.82) is 0 Å². The minimum Gasteiger partial charge on any atom is -0.339 e. The Morgan fingerprint density at radius 1 is 0.917 bits per heavy atom. The van der Waals surface area contributed by atoms with Gasteiger partial charge in [0, 0.05) is 38.2 Å². The van der Waals surface area contributed by atoms with Gasteiger partial charge < -0.3 is 9.80 Å². The third-order valence-corrected chi connectivity index (χ3v) is 6.26. The molecule has 4 nitrogen and oxygen atoms in total. The van der Waals surface area contributed by atoms with Gasteiger partial charge in [-0.05, 0) is 49.1 Å². The van der Waals surface area contributed by atoms with Crippen molar-refractivity contribution in [1.82, 2.24) is 9.80 Å². The molecule has 1 saturated heterocycles. The monoisotopic (exact) mass is 326 g/mol. The van der Waals surface area contributed by atoms with Crippen LogP contribution in [0.2, 0.25) is 0 Å². The number of rotatable bonds is 3. The van der Waals surface area contributed by atoms with Gasteiger partial charge in [-0.3, -0.25) is 9.59 Å². The third kappa shape index (κ3) is 3.06. The molecule has 4 heteroatoms. The molecule has 2 aliphatic carbocycles. The van der Waals surface area contributed by atoms with Gasteiger partial charge in [-0.25, -0.2) is 0 Å². The molecule has 3 atom stereocenters. The SMILES string of the molecule is O=C(C[C@H]1C[C@H]2CC[C@H]1C2)N1CCN(C(=O)c2ccccc2)CC1. The predicted octanol–water partition coefficient (Wildman–Crippen LogP) is 2.80. The number of fused-ring (bicyclic) bond motifs is 2. The lowest BCUT2D eigenvalue weighted by molar-refractivity contribution is -0.134. The van der Waals surface area contributed by atoms with Gasteiger partial charge in [0.15, 0.2) is 0 Å². The van der Waals surface area contributed by atoms with Crippen LogP contribution in [0.3, 0.4) is 0 Å². The summed E-state index contributed by atoms with van der Waals surface area (Å²) in [7, 11) is 0. The summed E-state index contributed by atoms with van der Waals surface area (Å²) in [5.41, 5.74) is 0.735. The molecule has 0 radical (unpaired) electrons. The number of nitrogens with zero attached hydrogens (tertiary/aromatic N) is 2. The summed E-state index contributed by atoms with van der Waals surface area (Å²) in [5.74, 6) is 2.71. The van der Waals surface area contributed by atoms with E-state index in [1.54, 1.807) is 0 Å². The van der Waals surface area contributed by atoms with Crippen molar-refractivity contribution in [2.45, 2.75) is 32.1 Å². The highest BCUT2D eigenvalue weighted by Crippen LogP contribution is 2.49. The van der Waals surface area contributed by atoms with Crippen LogP contribution in [0.4, 0.5) is 0 Å². The molecule has 1 aromatic rings. The van der Waals surface area contributed by atoms with E-state index in [1.165, 1.54) is 25.7 Å². The molecule has 24 heavy (non-hydrogen) atoms. The van der Waals surface area contributed by atoms with E-state index >= 15 is 0 Å². The van der Waals surface area contributed by atoms with Crippen LogP contribution in [0.25, 0.3) is 0 Å². The molecule has 2 saturated carbocycles. The van der Waals surface area contributed by atoms with Crippen molar-refractivity contribution in [3.63, 3.8) is 0 Å². The second-order valence-electron chi connectivity index (χ2n) is 7.68. The van der Waals surface area contributed by atoms with Gasteiger partial charge in [-0.1, -0.05) is 24.6 Å². The van der Waals surface area contributed by atoms with Crippen LogP contribution in [0, 0.1) is 17.8 Å². The van der Waals surface area contributed by atoms with Gasteiger partial charge in [0.05, 0.1) is 0 Å². The lowest BCUT2D eigenvalue weighted by Crippen LogP contribution is -2.51. The molecule has 4 rings (SSSR count). The molecule has 0 N–H and O–H groups in total. The van der Waals surface area contributed by atoms with E-state index in [1.807, 2.05) is 40.1 Å². The van der Waals surface area contributed by atoms with E-state index in [-0.39, 0.29) is 5.91 Å². The smallest absolute Gasteiger partial charge is 0.253 e. The summed E-state index contributed by atoms with van der Waals surface area (Å²) >= 11 is 0. The molecule has 0 spiro atoms. The topological polar surface area (TPSA) is 40.6 Å². The van der Waals surface area contributed by atoms with Crippen LogP contribution >= 0.6 is 0 Å². The lowest BCUT2D eigenvalue weighted by atomic mass is 9.86. The second kappa shape index (κ2) is 6.58. The number of amides is 2. The number of hydrogen-bond acceptors (Lipinski definition) is 2. The Hall–Kier alpha value is -1.84. The van der Waals surface area contributed by atoms with Crippen LogP contribution in [0.15, 0.2) is 30.3 Å². The highest BCUT2D eigenvalue weighted by atomic mass is 16.2. The number of piperazine rings is 1. The average molecular weight is 326 g/mol. The minimum atomic E-state index is 0.0794. The van der Waals surface area contributed by atoms with Gasteiger partial charge >= 0.3 is 0 Å². The summed E-state index contributed by atoms with van der Waals surface area (Å²) in [6, 6.07) is 9.41. The zero-order chi connectivity index (χ0) is 16.5. The second-order valence-corrected chi connectivity index (χ2v) is 7.68. The Labute approximate surface area is 143 Å². The van der Waals surface area contributed by atoms with Gasteiger partial charge in [0.25, 0.3) is 5.91 Å². The van der Waals surface area contributed by atoms with Gasteiger partial charge in [-0.15, -0.1) is 0 Å². The first-order valence-corrected chi connectivity index (χ1v) is 9.33. The third-order valence-electron chi connectivity index (χ3n) is 6.26. The maximum atomic E-state index is 12.6. The molecule has 0 unspecified atom stereocenters. The normalized spacial score (nSPS) is 29.1. The summed E-state index contributed by atoms with van der Waals surface area (Å²) < 4.78 is 0. The van der Waals surface area contributed by atoms with Gasteiger partial charge in [0.1, 0.15) is 0 Å². The highest BCUT2D eigenvalue weighted by Gasteiger charge is 2.40. The molecule has 0 aromatic heterocycles. The van der Waals surface area contributed by atoms with E-state index in [2.05, 4.69) is 0 Å². The molecule has 3 aliphatic rings. The van der Waals surface area contributed by atoms with Crippen molar-refractivity contribution in [3.8, 4) is 0 Å². The van der Waals surface area contributed by atoms with Crippen molar-refractivity contribution in [2.75, 3.05) is 26.2 Å². The lowest BCUT2D eigenvalue weighted by Gasteiger charge is -2.35. The largest absolute Gasteiger partial charge is 0.339 e. The van der Waals surface area contributed by atoms with Crippen molar-refractivity contribution in [3.05, 3.63) is 35.9 Å². The van der Waals surface area contributed by atoms with E-state index < -0.39 is 0 Å². The Morgan fingerprint density at radius 2 is 1.62 bits per heavy atom. The molecular formula is C20H26N2O2. The van der Waals surface area contributed by atoms with Crippen LogP contribution in [0.1, 0.15) is 42.5 Å². The molecule has 2 bridgehead atoms. The standard InChI is InChI=1S/C20H26N2O2/c23-19(14-18-13-15-6-7-17(18)12-15)21-8-10-22(11-9-21)20(24)16-4-2-1-3-5-16/h1-5,15,17-18H,6-14H2/t15-,17-,18+/m0/s1. The molecule has 3 fully saturated rings. The Morgan fingerprint density at radius 3 is 2.25 bits per heavy atom. The van der Waals surface area contributed by atoms with Crippen LogP contribution < -0.4 is 0 Å². The molecule has 128 valence electrons. The first kappa shape index (κ1) is 15.7. The quantitative estimate of drug-likeness (QED) is 0.857. The summed E-state index contributed by atoms with van der Waals surface area (Å²) in [6.45, 7) is 2.66. The summed E-state index contributed by atoms with van der Waals surface area (Å²) in [5, 5.41) is 0. The van der Waals surface area contributed by atoms with E-state index in [4.69, 9.17) is 0 Å². The van der Waals surface area contributed by atoms with E-state index in [9.17, 15) is 9.59 Å². The molecular weight excluding hydrogens is 300 g/mol. The maximum absolute atomic E-state index is 12.6. The zero-order valence-electron chi connectivity index (χ0n) is 14.2. The fourth-order valence-corrected chi connectivity index (χ4v) is 4.90. The Bertz CT molecular complexity index is 607. The van der Waals surface area contributed by atoms with Crippen molar-refractivity contribution >= 4 is 11.8 Å². The predicted molar refractivity (Wildman–Crippen MR) is 92.5 cm³/mol. The average Bonchev–Trinajstić information content (AvgIpc) is 3.25. The highest BCUT2D eigenvalue weighted by molar-refractivity contribution is 5.94. The van der Waals surface area contributed by atoms with E-state index in [0.29, 0.717) is 38.0 Å². The maximum Gasteiger partial charge on any atom is 0.253 e. The fraction of sp³-hybridized carbons (Fsp3) is 0.600.